The van der Waals surface area contributed by atoms with E-state index in [0.717, 1.165) is 11.8 Å². The van der Waals surface area contributed by atoms with Crippen LogP contribution in [0.5, 0.6) is 11.5 Å². The number of ether oxygens (including phenoxy) is 1. The number of hydrogen-bond acceptors (Lipinski definition) is 5. The largest absolute Gasteiger partial charge is 0.511 e. The van der Waals surface area contributed by atoms with Crippen molar-refractivity contribution in [1.82, 2.24) is 0 Å². The van der Waals surface area contributed by atoms with E-state index >= 15 is 0 Å². The van der Waals surface area contributed by atoms with Crippen LogP contribution >= 0.6 is 11.8 Å². The number of thioether (sulfide) groups is 1. The number of ketones is 1. The summed E-state index contributed by atoms with van der Waals surface area (Å²) in [5.74, 6) is 0.135. The smallest absolute Gasteiger partial charge is 0.169 e. The first-order chi connectivity index (χ1) is 7.95. The van der Waals surface area contributed by atoms with E-state index in [1.54, 1.807) is 12.1 Å². The lowest BCUT2D eigenvalue weighted by Crippen LogP contribution is -1.96. The minimum Gasteiger partial charge on any atom is -0.511 e. The number of aliphatic hydroxyl groups is 1. The van der Waals surface area contributed by atoms with Crippen molar-refractivity contribution in [2.45, 2.75) is 18.7 Å². The third-order valence-electron chi connectivity index (χ3n) is 2.02. The molecule has 0 aliphatic rings. The van der Waals surface area contributed by atoms with Gasteiger partial charge in [0, 0.05) is 4.90 Å². The van der Waals surface area contributed by atoms with Gasteiger partial charge >= 0.3 is 0 Å². The van der Waals surface area contributed by atoms with Gasteiger partial charge in [-0.2, -0.15) is 0 Å². The first-order valence-corrected chi connectivity index (χ1v) is 5.73. The molecule has 0 spiro atoms. The van der Waals surface area contributed by atoms with E-state index in [-0.39, 0.29) is 22.2 Å². The number of Topliss-reactive ketones (excluding diaryl/α,β-unsaturated/α-hetero) is 1. The quantitative estimate of drug-likeness (QED) is 0.491. The molecule has 0 aliphatic carbocycles. The predicted molar refractivity (Wildman–Crippen MR) is 66.5 cm³/mol. The summed E-state index contributed by atoms with van der Waals surface area (Å²) >= 11 is 1.13. The van der Waals surface area contributed by atoms with Crippen molar-refractivity contribution in [3.05, 3.63) is 28.9 Å². The van der Waals surface area contributed by atoms with Crippen LogP contribution in [-0.4, -0.2) is 23.1 Å². The maximum absolute atomic E-state index is 11.3. The number of aromatic hydroxyl groups is 1. The van der Waals surface area contributed by atoms with Crippen LogP contribution in [0.2, 0.25) is 0 Å². The van der Waals surface area contributed by atoms with Crippen LogP contribution < -0.4 is 4.74 Å². The van der Waals surface area contributed by atoms with E-state index in [1.165, 1.54) is 27.0 Å². The molecule has 4 nitrogen and oxygen atoms in total. The number of benzene rings is 1. The second-order valence-electron chi connectivity index (χ2n) is 3.41. The van der Waals surface area contributed by atoms with Crippen molar-refractivity contribution < 1.29 is 19.7 Å². The van der Waals surface area contributed by atoms with Crippen LogP contribution in [0, 0.1) is 0 Å². The van der Waals surface area contributed by atoms with E-state index in [1.807, 2.05) is 0 Å². The first kappa shape index (κ1) is 13.4. The van der Waals surface area contributed by atoms with Gasteiger partial charge in [-0.15, -0.1) is 0 Å². The third-order valence-corrected chi connectivity index (χ3v) is 3.30. The lowest BCUT2D eigenvalue weighted by Gasteiger charge is -2.08. The maximum atomic E-state index is 11.3. The SMILES string of the molecule is COc1cc(S/C(C(C)=O)=C(\C)O)ccc1O. The summed E-state index contributed by atoms with van der Waals surface area (Å²) in [5.41, 5.74) is 0. The summed E-state index contributed by atoms with van der Waals surface area (Å²) in [4.78, 5) is 12.3. The molecule has 0 bridgehead atoms. The number of phenolic OH excluding ortho intramolecular Hbond substituents is 1. The number of methoxy groups -OCH3 is 1. The number of allylic oxidation sites excluding steroid dienone is 2. The van der Waals surface area contributed by atoms with E-state index in [2.05, 4.69) is 0 Å². The van der Waals surface area contributed by atoms with Gasteiger partial charge in [0.05, 0.1) is 12.0 Å². The number of aliphatic hydroxyl groups excluding tert-OH is 1. The number of carbonyl (C=O) groups is 1. The van der Waals surface area contributed by atoms with Crippen LogP contribution in [0.15, 0.2) is 33.8 Å². The molecule has 1 rings (SSSR count). The van der Waals surface area contributed by atoms with E-state index in [4.69, 9.17) is 4.74 Å². The summed E-state index contributed by atoms with van der Waals surface area (Å²) in [5, 5.41) is 18.8. The lowest BCUT2D eigenvalue weighted by atomic mass is 10.3. The molecule has 0 radical (unpaired) electrons. The normalized spacial score (nSPS) is 11.9. The molecule has 0 amide bonds. The van der Waals surface area contributed by atoms with Crippen molar-refractivity contribution >= 4 is 17.5 Å². The van der Waals surface area contributed by atoms with Gasteiger partial charge in [0.1, 0.15) is 5.76 Å². The fourth-order valence-electron chi connectivity index (χ4n) is 1.24. The Bertz CT molecular complexity index is 462. The molecule has 5 heteroatoms. The van der Waals surface area contributed by atoms with Gasteiger partial charge in [-0.3, -0.25) is 4.79 Å². The molecular formula is C12H14O4S. The Hall–Kier alpha value is -1.62. The Kier molecular flexibility index (Phi) is 4.45. The van der Waals surface area contributed by atoms with E-state index < -0.39 is 0 Å². The first-order valence-electron chi connectivity index (χ1n) is 4.91. The molecule has 1 aromatic carbocycles. The van der Waals surface area contributed by atoms with Gasteiger partial charge in [0.25, 0.3) is 0 Å². The molecule has 0 saturated heterocycles. The summed E-state index contributed by atoms with van der Waals surface area (Å²) in [6, 6.07) is 4.73. The molecule has 0 aliphatic heterocycles. The van der Waals surface area contributed by atoms with Crippen LogP contribution in [0.25, 0.3) is 0 Å². The molecule has 2 N–H and O–H groups in total. The highest BCUT2D eigenvalue weighted by atomic mass is 32.2. The lowest BCUT2D eigenvalue weighted by molar-refractivity contribution is -0.113. The van der Waals surface area contributed by atoms with E-state index in [9.17, 15) is 15.0 Å². The molecule has 0 saturated carbocycles. The Morgan fingerprint density at radius 2 is 2.00 bits per heavy atom. The van der Waals surface area contributed by atoms with Crippen LogP contribution in [-0.2, 0) is 4.79 Å². The Balaban J connectivity index is 3.03. The van der Waals surface area contributed by atoms with Crippen LogP contribution in [0.4, 0.5) is 0 Å². The molecule has 17 heavy (non-hydrogen) atoms. The zero-order chi connectivity index (χ0) is 13.0. The topological polar surface area (TPSA) is 66.8 Å². The Labute approximate surface area is 104 Å². The molecular weight excluding hydrogens is 240 g/mol. The van der Waals surface area contributed by atoms with Gasteiger partial charge < -0.3 is 14.9 Å². The van der Waals surface area contributed by atoms with Gasteiger partial charge in [-0.05, 0) is 32.0 Å². The predicted octanol–water partition coefficient (Wildman–Crippen LogP) is 2.87. The van der Waals surface area contributed by atoms with Crippen LogP contribution in [0.1, 0.15) is 13.8 Å². The van der Waals surface area contributed by atoms with Crippen molar-refractivity contribution in [2.24, 2.45) is 0 Å². The zero-order valence-corrected chi connectivity index (χ0v) is 10.7. The highest BCUT2D eigenvalue weighted by Crippen LogP contribution is 2.35. The molecule has 0 heterocycles. The molecule has 0 atom stereocenters. The van der Waals surface area contributed by atoms with Crippen molar-refractivity contribution in [2.75, 3.05) is 7.11 Å². The molecule has 92 valence electrons. The average Bonchev–Trinajstić information content (AvgIpc) is 2.26. The minimum absolute atomic E-state index is 0.0189. The summed E-state index contributed by atoms with van der Waals surface area (Å²) < 4.78 is 4.96. The standard InChI is InChI=1S/C12H14O4S/c1-7(13)12(8(2)14)17-9-4-5-10(15)11(6-9)16-3/h4-6,13,15H,1-3H3/b12-7+. The number of hydrogen-bond donors (Lipinski definition) is 2. The Morgan fingerprint density at radius 3 is 2.47 bits per heavy atom. The minimum atomic E-state index is -0.206. The Morgan fingerprint density at radius 1 is 1.35 bits per heavy atom. The second kappa shape index (κ2) is 5.63. The zero-order valence-electron chi connectivity index (χ0n) is 9.85. The monoisotopic (exact) mass is 254 g/mol. The molecule has 0 unspecified atom stereocenters. The fraction of sp³-hybridized carbons (Fsp3) is 0.250. The summed E-state index contributed by atoms with van der Waals surface area (Å²) in [6.07, 6.45) is 0. The second-order valence-corrected chi connectivity index (χ2v) is 4.49. The highest BCUT2D eigenvalue weighted by molar-refractivity contribution is 8.04. The van der Waals surface area contributed by atoms with Crippen LogP contribution in [0.3, 0.4) is 0 Å². The van der Waals surface area contributed by atoms with Crippen molar-refractivity contribution in [3.63, 3.8) is 0 Å². The number of rotatable bonds is 4. The summed E-state index contributed by atoms with van der Waals surface area (Å²) in [7, 11) is 1.45. The summed E-state index contributed by atoms with van der Waals surface area (Å²) in [6.45, 7) is 2.85. The van der Waals surface area contributed by atoms with E-state index in [0.29, 0.717) is 10.6 Å². The third kappa shape index (κ3) is 3.42. The number of carbonyl (C=O) groups excluding carboxylic acids is 1. The van der Waals surface area contributed by atoms with Gasteiger partial charge in [0.2, 0.25) is 0 Å². The molecule has 0 fully saturated rings. The highest BCUT2D eigenvalue weighted by Gasteiger charge is 2.12. The van der Waals surface area contributed by atoms with Crippen molar-refractivity contribution in [1.29, 1.82) is 0 Å². The van der Waals surface area contributed by atoms with Gasteiger partial charge in [0.15, 0.2) is 17.3 Å². The molecule has 1 aromatic rings. The maximum Gasteiger partial charge on any atom is 0.169 e. The average molecular weight is 254 g/mol. The van der Waals surface area contributed by atoms with Gasteiger partial charge in [-0.25, -0.2) is 0 Å². The van der Waals surface area contributed by atoms with Gasteiger partial charge in [-0.1, -0.05) is 11.8 Å². The van der Waals surface area contributed by atoms with Crippen molar-refractivity contribution in [3.8, 4) is 11.5 Å². The molecule has 0 aromatic heterocycles. The fourth-order valence-corrected chi connectivity index (χ4v) is 2.07. The number of phenols is 1.